The van der Waals surface area contributed by atoms with E-state index in [0.29, 0.717) is 18.9 Å². The molecule has 1 aromatic rings. The lowest BCUT2D eigenvalue weighted by atomic mass is 9.89. The number of hydrogen-bond acceptors (Lipinski definition) is 2. The van der Waals surface area contributed by atoms with Gasteiger partial charge in [-0.1, -0.05) is 6.07 Å². The minimum atomic E-state index is -0.676. The molecule has 0 aromatic heterocycles. The van der Waals surface area contributed by atoms with Crippen LogP contribution in [0.1, 0.15) is 43.4 Å². The molecular weight excluding hydrogens is 257 g/mol. The fourth-order valence-electron chi connectivity index (χ4n) is 3.79. The zero-order chi connectivity index (χ0) is 14.3. The summed E-state index contributed by atoms with van der Waals surface area (Å²) in [6.45, 7) is 2.93. The van der Waals surface area contributed by atoms with Gasteiger partial charge in [-0.3, -0.25) is 9.69 Å². The number of carboxylic acids is 1. The molecule has 0 spiro atoms. The first-order valence-electron chi connectivity index (χ1n) is 7.33. The van der Waals surface area contributed by atoms with Crippen molar-refractivity contribution in [2.24, 2.45) is 5.92 Å². The molecule has 0 radical (unpaired) electrons. The first-order chi connectivity index (χ1) is 9.56. The number of carbonyl (C=O) groups is 1. The van der Waals surface area contributed by atoms with Crippen molar-refractivity contribution >= 4 is 5.97 Å². The molecule has 3 unspecified atom stereocenters. The van der Waals surface area contributed by atoms with Crippen LogP contribution in [0.4, 0.5) is 4.39 Å². The average molecular weight is 277 g/mol. The molecule has 0 saturated carbocycles. The van der Waals surface area contributed by atoms with E-state index in [0.717, 1.165) is 24.9 Å². The molecule has 1 aliphatic heterocycles. The molecule has 4 heteroatoms. The Balaban J connectivity index is 1.78. The van der Waals surface area contributed by atoms with Crippen molar-refractivity contribution in [3.05, 3.63) is 35.1 Å². The quantitative estimate of drug-likeness (QED) is 0.903. The predicted octanol–water partition coefficient (Wildman–Crippen LogP) is 3.00. The van der Waals surface area contributed by atoms with E-state index in [1.165, 1.54) is 11.6 Å². The number of aryl methyl sites for hydroxylation is 1. The molecule has 20 heavy (non-hydrogen) atoms. The van der Waals surface area contributed by atoms with Crippen LogP contribution >= 0.6 is 0 Å². The van der Waals surface area contributed by atoms with Crippen molar-refractivity contribution < 1.29 is 14.3 Å². The third-order valence-corrected chi connectivity index (χ3v) is 4.83. The molecule has 0 amide bonds. The van der Waals surface area contributed by atoms with Gasteiger partial charge < -0.3 is 5.11 Å². The lowest BCUT2D eigenvalue weighted by Gasteiger charge is -2.40. The molecular formula is C16H20FNO2. The molecule has 1 fully saturated rings. The fraction of sp³-hybridized carbons (Fsp3) is 0.562. The summed E-state index contributed by atoms with van der Waals surface area (Å²) in [5.41, 5.74) is 2.34. The van der Waals surface area contributed by atoms with Gasteiger partial charge >= 0.3 is 5.97 Å². The Bertz CT molecular complexity index is 531. The number of benzene rings is 1. The monoisotopic (exact) mass is 277 g/mol. The standard InChI is InChI=1S/C16H20FNO2/c1-10-8-12(16(19)20)6-7-18(10)15-5-2-11-9-13(17)3-4-14(11)15/h3-4,9-10,12,15H,2,5-8H2,1H3,(H,19,20). The minimum absolute atomic E-state index is 0.165. The van der Waals surface area contributed by atoms with E-state index in [-0.39, 0.29) is 17.8 Å². The summed E-state index contributed by atoms with van der Waals surface area (Å²) in [6.07, 6.45) is 3.36. The third kappa shape index (κ3) is 2.33. The van der Waals surface area contributed by atoms with Crippen molar-refractivity contribution in [1.82, 2.24) is 4.90 Å². The summed E-state index contributed by atoms with van der Waals surface area (Å²) in [5, 5.41) is 9.14. The summed E-state index contributed by atoms with van der Waals surface area (Å²) in [7, 11) is 0. The number of rotatable bonds is 2. The molecule has 108 valence electrons. The maximum Gasteiger partial charge on any atom is 0.306 e. The first kappa shape index (κ1) is 13.6. The SMILES string of the molecule is CC1CC(C(=O)O)CCN1C1CCc2cc(F)ccc21. The summed E-state index contributed by atoms with van der Waals surface area (Å²) < 4.78 is 13.3. The summed E-state index contributed by atoms with van der Waals surface area (Å²) in [6, 6.07) is 5.68. The van der Waals surface area contributed by atoms with E-state index >= 15 is 0 Å². The molecule has 1 saturated heterocycles. The van der Waals surface area contributed by atoms with E-state index in [1.54, 1.807) is 6.07 Å². The third-order valence-electron chi connectivity index (χ3n) is 4.83. The molecule has 3 rings (SSSR count). The number of aliphatic carboxylic acids is 1. The smallest absolute Gasteiger partial charge is 0.306 e. The van der Waals surface area contributed by atoms with Crippen molar-refractivity contribution in [2.75, 3.05) is 6.54 Å². The second-order valence-electron chi connectivity index (χ2n) is 6.04. The van der Waals surface area contributed by atoms with Gasteiger partial charge in [-0.05, 0) is 62.4 Å². The number of nitrogens with zero attached hydrogens (tertiary/aromatic N) is 1. The van der Waals surface area contributed by atoms with E-state index in [4.69, 9.17) is 5.11 Å². The number of hydrogen-bond donors (Lipinski definition) is 1. The van der Waals surface area contributed by atoms with Gasteiger partial charge in [-0.25, -0.2) is 4.39 Å². The molecule has 3 atom stereocenters. The van der Waals surface area contributed by atoms with Gasteiger partial charge in [0.1, 0.15) is 5.82 Å². The number of halogens is 1. The summed E-state index contributed by atoms with van der Waals surface area (Å²) in [4.78, 5) is 13.5. The van der Waals surface area contributed by atoms with E-state index in [1.807, 2.05) is 6.07 Å². The van der Waals surface area contributed by atoms with Gasteiger partial charge in [0, 0.05) is 12.1 Å². The highest BCUT2D eigenvalue weighted by Crippen LogP contribution is 2.40. The van der Waals surface area contributed by atoms with Crippen molar-refractivity contribution in [3.63, 3.8) is 0 Å². The predicted molar refractivity (Wildman–Crippen MR) is 74.0 cm³/mol. The number of carboxylic acid groups (broad SMARTS) is 1. The van der Waals surface area contributed by atoms with Gasteiger partial charge in [-0.15, -0.1) is 0 Å². The van der Waals surface area contributed by atoms with Gasteiger partial charge in [0.05, 0.1) is 5.92 Å². The van der Waals surface area contributed by atoms with E-state index in [2.05, 4.69) is 11.8 Å². The maximum absolute atomic E-state index is 13.3. The zero-order valence-electron chi connectivity index (χ0n) is 11.7. The van der Waals surface area contributed by atoms with Crippen molar-refractivity contribution in [1.29, 1.82) is 0 Å². The van der Waals surface area contributed by atoms with Crippen LogP contribution in [0.3, 0.4) is 0 Å². The van der Waals surface area contributed by atoms with Crippen molar-refractivity contribution in [3.8, 4) is 0 Å². The van der Waals surface area contributed by atoms with Gasteiger partial charge in [0.25, 0.3) is 0 Å². The lowest BCUT2D eigenvalue weighted by Crippen LogP contribution is -2.44. The Hall–Kier alpha value is -1.42. The fourth-order valence-corrected chi connectivity index (χ4v) is 3.79. The zero-order valence-corrected chi connectivity index (χ0v) is 11.7. The van der Waals surface area contributed by atoms with Crippen LogP contribution in [-0.2, 0) is 11.2 Å². The van der Waals surface area contributed by atoms with Crippen LogP contribution in [-0.4, -0.2) is 28.6 Å². The summed E-state index contributed by atoms with van der Waals surface area (Å²) in [5.74, 6) is -1.05. The van der Waals surface area contributed by atoms with Crippen molar-refractivity contribution in [2.45, 2.75) is 44.7 Å². The second-order valence-corrected chi connectivity index (χ2v) is 6.04. The van der Waals surface area contributed by atoms with E-state index in [9.17, 15) is 9.18 Å². The Morgan fingerprint density at radius 1 is 1.40 bits per heavy atom. The van der Waals surface area contributed by atoms with Gasteiger partial charge in [0.2, 0.25) is 0 Å². The number of piperidine rings is 1. The lowest BCUT2D eigenvalue weighted by molar-refractivity contribution is -0.144. The van der Waals surface area contributed by atoms with Crippen LogP contribution in [0.15, 0.2) is 18.2 Å². The highest BCUT2D eigenvalue weighted by atomic mass is 19.1. The Labute approximate surface area is 118 Å². The van der Waals surface area contributed by atoms with Crippen LogP contribution in [0.25, 0.3) is 0 Å². The number of fused-ring (bicyclic) bond motifs is 1. The topological polar surface area (TPSA) is 40.5 Å². The largest absolute Gasteiger partial charge is 0.481 e. The molecule has 2 aliphatic rings. The molecule has 1 heterocycles. The molecule has 1 N–H and O–H groups in total. The van der Waals surface area contributed by atoms with Gasteiger partial charge in [0.15, 0.2) is 0 Å². The van der Waals surface area contributed by atoms with Crippen LogP contribution in [0.2, 0.25) is 0 Å². The van der Waals surface area contributed by atoms with Crippen LogP contribution < -0.4 is 0 Å². The number of likely N-dealkylation sites (tertiary alicyclic amines) is 1. The first-order valence-corrected chi connectivity index (χ1v) is 7.33. The normalized spacial score (nSPS) is 30.2. The molecule has 1 aromatic carbocycles. The highest BCUT2D eigenvalue weighted by molar-refractivity contribution is 5.70. The Kier molecular flexibility index (Phi) is 3.50. The van der Waals surface area contributed by atoms with Crippen LogP contribution in [0, 0.1) is 11.7 Å². The molecule has 0 bridgehead atoms. The maximum atomic E-state index is 13.3. The van der Waals surface area contributed by atoms with Crippen LogP contribution in [0.5, 0.6) is 0 Å². The molecule has 3 nitrogen and oxygen atoms in total. The Morgan fingerprint density at radius 3 is 2.90 bits per heavy atom. The minimum Gasteiger partial charge on any atom is -0.481 e. The average Bonchev–Trinajstić information content (AvgIpc) is 2.81. The summed E-state index contributed by atoms with van der Waals surface area (Å²) >= 11 is 0. The van der Waals surface area contributed by atoms with E-state index < -0.39 is 5.97 Å². The van der Waals surface area contributed by atoms with Gasteiger partial charge in [-0.2, -0.15) is 0 Å². The Morgan fingerprint density at radius 2 is 2.20 bits per heavy atom. The molecule has 1 aliphatic carbocycles. The highest BCUT2D eigenvalue weighted by Gasteiger charge is 2.36. The second kappa shape index (κ2) is 5.17.